The minimum Gasteiger partial charge on any atom is -0.778 e. The van der Waals surface area contributed by atoms with E-state index in [1.165, 1.54) is 7.11 Å². The molecule has 0 bridgehead atoms. The van der Waals surface area contributed by atoms with Gasteiger partial charge in [0.1, 0.15) is 7.60 Å². The third-order valence-corrected chi connectivity index (χ3v) is 4.53. The van der Waals surface area contributed by atoms with E-state index < -0.39 is 15.6 Å². The lowest BCUT2D eigenvalue weighted by atomic mass is 10.2. The van der Waals surface area contributed by atoms with Gasteiger partial charge in [-0.15, -0.1) is 4.52 Å². The van der Waals surface area contributed by atoms with Gasteiger partial charge in [-0.25, -0.2) is 0 Å². The molecule has 5 nitrogen and oxygen atoms in total. The van der Waals surface area contributed by atoms with E-state index in [1.54, 1.807) is 24.3 Å². The van der Waals surface area contributed by atoms with Crippen molar-refractivity contribution < 1.29 is 23.1 Å². The fraction of sp³-hybridized carbons (Fsp3) is 0.400. The number of benzene rings is 1. The molecule has 0 aliphatic carbocycles. The van der Waals surface area contributed by atoms with Gasteiger partial charge in [0.25, 0.3) is 0 Å². The maximum atomic E-state index is 11.2. The summed E-state index contributed by atoms with van der Waals surface area (Å²) in [5, 5.41) is 0. The number of hydrogen-bond donors (Lipinski definition) is 0. The summed E-state index contributed by atoms with van der Waals surface area (Å²) in [4.78, 5) is 11.2. The lowest BCUT2D eigenvalue weighted by molar-refractivity contribution is -0.196. The summed E-state index contributed by atoms with van der Waals surface area (Å²) in [5.74, 6) is 0. The van der Waals surface area contributed by atoms with Crippen LogP contribution < -0.4 is 4.89 Å². The Hall–Kier alpha value is -0.570. The first-order valence-electron chi connectivity index (χ1n) is 4.89. The molecule has 0 aliphatic heterocycles. The molecule has 1 aromatic carbocycles. The zero-order valence-corrected chi connectivity index (χ0v) is 11.4. The predicted molar refractivity (Wildman–Crippen MR) is 63.1 cm³/mol. The van der Waals surface area contributed by atoms with Crippen LogP contribution in [0, 0.1) is 0 Å². The highest BCUT2D eigenvalue weighted by Gasteiger charge is 2.15. The molecule has 0 heterocycles. The molecule has 0 fully saturated rings. The van der Waals surface area contributed by atoms with Gasteiger partial charge < -0.3 is 14.0 Å². The van der Waals surface area contributed by atoms with Crippen molar-refractivity contribution in [1.82, 2.24) is 0 Å². The summed E-state index contributed by atoms with van der Waals surface area (Å²) < 4.78 is 31.4. The second kappa shape index (κ2) is 6.39. The van der Waals surface area contributed by atoms with E-state index in [0.717, 1.165) is 12.7 Å². The molecule has 94 valence electrons. The third-order valence-electron chi connectivity index (χ3n) is 2.19. The van der Waals surface area contributed by atoms with Crippen molar-refractivity contribution in [2.45, 2.75) is 12.3 Å². The van der Waals surface area contributed by atoms with Gasteiger partial charge in [0.15, 0.2) is 0 Å². The Morgan fingerprint density at radius 3 is 2.24 bits per heavy atom. The molecule has 0 spiro atoms. The smallest absolute Gasteiger partial charge is 0.512 e. The normalized spacial score (nSPS) is 15.4. The minimum absolute atomic E-state index is 0.139. The molecule has 0 saturated heterocycles. The van der Waals surface area contributed by atoms with Crippen LogP contribution in [0.1, 0.15) is 11.1 Å². The first-order valence-corrected chi connectivity index (χ1v) is 7.98. The van der Waals surface area contributed by atoms with Gasteiger partial charge in [0.2, 0.25) is 6.16 Å². The molecule has 0 aliphatic rings. The van der Waals surface area contributed by atoms with Crippen molar-refractivity contribution >= 4 is 15.6 Å². The Balaban J connectivity index is 2.68. The van der Waals surface area contributed by atoms with E-state index in [-0.39, 0.29) is 6.16 Å². The zero-order chi connectivity index (χ0) is 12.9. The quantitative estimate of drug-likeness (QED) is 0.745. The van der Waals surface area contributed by atoms with E-state index >= 15 is 0 Å². The molecule has 0 N–H and O–H groups in total. The van der Waals surface area contributed by atoms with Gasteiger partial charge in [-0.3, -0.25) is 0 Å². The monoisotopic (exact) mass is 276 g/mol. The second-order valence-corrected chi connectivity index (χ2v) is 6.69. The minimum atomic E-state index is -3.78. The Morgan fingerprint density at radius 1 is 1.24 bits per heavy atom. The summed E-state index contributed by atoms with van der Waals surface area (Å²) in [6, 6.07) is 6.82. The summed E-state index contributed by atoms with van der Waals surface area (Å²) in [6.07, 6.45) is 0.186. The largest absolute Gasteiger partial charge is 0.778 e. The van der Waals surface area contributed by atoms with Crippen molar-refractivity contribution in [3.05, 3.63) is 35.4 Å². The van der Waals surface area contributed by atoms with Crippen molar-refractivity contribution in [3.8, 4) is 0 Å². The first kappa shape index (κ1) is 14.5. The van der Waals surface area contributed by atoms with Crippen LogP contribution in [0.15, 0.2) is 24.3 Å². The van der Waals surface area contributed by atoms with Crippen LogP contribution in [0.2, 0.25) is 0 Å². The molecule has 0 saturated carbocycles. The molecule has 0 radical (unpaired) electrons. The Morgan fingerprint density at radius 2 is 1.76 bits per heavy atom. The Labute approximate surface area is 101 Å². The fourth-order valence-corrected chi connectivity index (χ4v) is 2.68. The Kier molecular flexibility index (Phi) is 5.44. The highest BCUT2D eigenvalue weighted by atomic mass is 31.2. The second-order valence-electron chi connectivity index (χ2n) is 3.44. The third kappa shape index (κ3) is 5.07. The summed E-state index contributed by atoms with van der Waals surface area (Å²) in [6.45, 7) is 0. The SMILES string of the molecule is CO[P+](=O)Cc1ccc(CP(=O)([O-])OC)cc1. The molecule has 17 heavy (non-hydrogen) atoms. The van der Waals surface area contributed by atoms with Crippen LogP contribution in [0.4, 0.5) is 0 Å². The van der Waals surface area contributed by atoms with Gasteiger partial charge in [-0.05, 0) is 10.1 Å². The van der Waals surface area contributed by atoms with Gasteiger partial charge in [-0.2, -0.15) is 0 Å². The molecule has 1 rings (SSSR count). The predicted octanol–water partition coefficient (Wildman–Crippen LogP) is 2.28. The van der Waals surface area contributed by atoms with Crippen LogP contribution in [0.3, 0.4) is 0 Å². The molecule has 7 heteroatoms. The summed E-state index contributed by atoms with van der Waals surface area (Å²) >= 11 is 0. The van der Waals surface area contributed by atoms with Crippen LogP contribution in [-0.2, 0) is 30.5 Å². The van der Waals surface area contributed by atoms with Gasteiger partial charge >= 0.3 is 8.03 Å². The van der Waals surface area contributed by atoms with E-state index in [1.807, 2.05) is 0 Å². The van der Waals surface area contributed by atoms with E-state index in [0.29, 0.717) is 11.7 Å². The lowest BCUT2D eigenvalue weighted by Crippen LogP contribution is -2.04. The zero-order valence-electron chi connectivity index (χ0n) is 9.66. The fourth-order valence-electron chi connectivity index (χ4n) is 1.25. The van der Waals surface area contributed by atoms with Crippen LogP contribution >= 0.6 is 15.6 Å². The van der Waals surface area contributed by atoms with E-state index in [2.05, 4.69) is 9.05 Å². The standard InChI is InChI=1S/C10H14O5P2/c1-14-16(11)7-9-3-5-10(6-4-9)8-17(12,13)15-2/h3-6H,7-8H2,1-2H3. The lowest BCUT2D eigenvalue weighted by Gasteiger charge is -2.20. The highest BCUT2D eigenvalue weighted by molar-refractivity contribution is 7.50. The first-order chi connectivity index (χ1) is 7.96. The van der Waals surface area contributed by atoms with Gasteiger partial charge in [0.05, 0.1) is 7.11 Å². The topological polar surface area (TPSA) is 75.7 Å². The highest BCUT2D eigenvalue weighted by Crippen LogP contribution is 2.40. The molecule has 2 unspecified atom stereocenters. The Bertz CT molecular complexity index is 429. The van der Waals surface area contributed by atoms with Gasteiger partial charge in [0, 0.05) is 18.8 Å². The van der Waals surface area contributed by atoms with Crippen molar-refractivity contribution in [2.75, 3.05) is 14.2 Å². The molecule has 2 atom stereocenters. The van der Waals surface area contributed by atoms with Crippen LogP contribution in [0.5, 0.6) is 0 Å². The summed E-state index contributed by atoms with van der Waals surface area (Å²) in [7, 11) is -2.93. The average molecular weight is 276 g/mol. The molecular formula is C10H14O5P2. The number of rotatable bonds is 6. The summed E-state index contributed by atoms with van der Waals surface area (Å²) in [5.41, 5.74) is 1.48. The average Bonchev–Trinajstić information content (AvgIpc) is 2.31. The molecule has 0 amide bonds. The van der Waals surface area contributed by atoms with E-state index in [4.69, 9.17) is 0 Å². The van der Waals surface area contributed by atoms with Crippen molar-refractivity contribution in [1.29, 1.82) is 0 Å². The molecule has 0 aromatic heterocycles. The maximum absolute atomic E-state index is 11.2. The van der Waals surface area contributed by atoms with Crippen molar-refractivity contribution in [3.63, 3.8) is 0 Å². The van der Waals surface area contributed by atoms with E-state index in [9.17, 15) is 14.0 Å². The maximum Gasteiger partial charge on any atom is 0.512 e. The van der Waals surface area contributed by atoms with Crippen LogP contribution in [-0.4, -0.2) is 14.2 Å². The van der Waals surface area contributed by atoms with Crippen LogP contribution in [0.25, 0.3) is 0 Å². The number of hydrogen-bond acceptors (Lipinski definition) is 5. The molecular weight excluding hydrogens is 262 g/mol. The van der Waals surface area contributed by atoms with Crippen molar-refractivity contribution in [2.24, 2.45) is 0 Å². The van der Waals surface area contributed by atoms with Gasteiger partial charge in [-0.1, -0.05) is 24.3 Å². The molecule has 1 aromatic rings.